The van der Waals surface area contributed by atoms with E-state index >= 15 is 0 Å². The number of nitrogens with zero attached hydrogens (tertiary/aromatic N) is 1. The van der Waals surface area contributed by atoms with Gasteiger partial charge in [-0.05, 0) is 17.5 Å². The van der Waals surface area contributed by atoms with Crippen LogP contribution in [0.3, 0.4) is 0 Å². The molecule has 0 aromatic carbocycles. The number of thiophene rings is 1. The summed E-state index contributed by atoms with van der Waals surface area (Å²) >= 11 is 1.29. The lowest BCUT2D eigenvalue weighted by Gasteiger charge is -2.32. The van der Waals surface area contributed by atoms with E-state index < -0.39 is 37.1 Å². The number of aliphatic imine (C=N–C) groups is 1. The molecule has 2 heterocycles. The number of hydrogen-bond acceptors (Lipinski definition) is 9. The number of amidine groups is 1. The minimum Gasteiger partial charge on any atom is -0.394 e. The summed E-state index contributed by atoms with van der Waals surface area (Å²) in [5.74, 6) is -0.256. The third kappa shape index (κ3) is 3.68. The van der Waals surface area contributed by atoms with E-state index in [0.717, 1.165) is 0 Å². The van der Waals surface area contributed by atoms with Gasteiger partial charge in [-0.25, -0.2) is 10.3 Å². The topological polar surface area (TPSA) is 144 Å². The first kappa shape index (κ1) is 15.7. The first-order chi connectivity index (χ1) is 10.0. The van der Waals surface area contributed by atoms with Gasteiger partial charge in [0.15, 0.2) is 5.84 Å². The fourth-order valence-electron chi connectivity index (χ4n) is 1.72. The smallest absolute Gasteiger partial charge is 0.394 e. The number of aliphatic hydroxyl groups is 4. The number of hydrogen-bond donors (Lipinski definition) is 6. The van der Waals surface area contributed by atoms with Gasteiger partial charge in [0.05, 0.1) is 11.6 Å². The first-order valence-electron chi connectivity index (χ1n) is 6.03. The van der Waals surface area contributed by atoms with Gasteiger partial charge >= 0.3 is 6.09 Å². The minimum atomic E-state index is -1.56. The summed E-state index contributed by atoms with van der Waals surface area (Å²) in [6, 6.07) is 2.39. The van der Waals surface area contributed by atoms with E-state index in [9.17, 15) is 20.1 Å². The average molecular weight is 317 g/mol. The number of rotatable bonds is 2. The quantitative estimate of drug-likeness (QED) is 0.370. The fourth-order valence-corrected chi connectivity index (χ4v) is 2.32. The highest BCUT2D eigenvalue weighted by Crippen LogP contribution is 2.16. The van der Waals surface area contributed by atoms with Crippen molar-refractivity contribution in [2.45, 2.75) is 24.4 Å². The second kappa shape index (κ2) is 6.83. The predicted molar refractivity (Wildman–Crippen MR) is 73.9 cm³/mol. The van der Waals surface area contributed by atoms with Crippen molar-refractivity contribution in [1.29, 1.82) is 0 Å². The monoisotopic (exact) mass is 317 g/mol. The van der Waals surface area contributed by atoms with Gasteiger partial charge in [0, 0.05) is 0 Å². The van der Waals surface area contributed by atoms with Crippen LogP contribution in [0.25, 0.3) is 0 Å². The zero-order chi connectivity index (χ0) is 15.4. The maximum absolute atomic E-state index is 11.5. The van der Waals surface area contributed by atoms with Crippen LogP contribution in [0.1, 0.15) is 0 Å². The number of carbonyl (C=O) groups is 1. The van der Waals surface area contributed by atoms with Crippen LogP contribution in [0, 0.1) is 0 Å². The molecule has 0 unspecified atom stereocenters. The maximum Gasteiger partial charge on any atom is 0.436 e. The molecule has 0 fully saturated rings. The summed E-state index contributed by atoms with van der Waals surface area (Å²) in [7, 11) is 0. The molecule has 21 heavy (non-hydrogen) atoms. The molecule has 116 valence electrons. The molecule has 10 heteroatoms. The molecule has 1 amide bonds. The van der Waals surface area contributed by atoms with E-state index in [1.165, 1.54) is 11.3 Å². The van der Waals surface area contributed by atoms with Crippen molar-refractivity contribution in [3.05, 3.63) is 17.5 Å². The Morgan fingerprint density at radius 1 is 1.38 bits per heavy atom. The summed E-state index contributed by atoms with van der Waals surface area (Å²) < 4.78 is 0. The van der Waals surface area contributed by atoms with E-state index in [2.05, 4.69) is 20.6 Å². The van der Waals surface area contributed by atoms with Gasteiger partial charge in [0.2, 0.25) is 0 Å². The summed E-state index contributed by atoms with van der Waals surface area (Å²) in [5.41, 5.74) is 2.11. The van der Waals surface area contributed by atoms with Gasteiger partial charge < -0.3 is 25.3 Å². The van der Waals surface area contributed by atoms with Crippen molar-refractivity contribution in [3.63, 3.8) is 0 Å². The standard InChI is InChI=1S/C11H15N3O6S/c15-4-5-7(16)8(17)9(18)10(12-5)14-20-11(19)13-6-2-1-3-21-6/h1-3,5,7-9,15-18H,4H2,(H,12,14)(H,13,19)/t5-,7-,8+,9-/m1/s1. The molecular weight excluding hydrogens is 302 g/mol. The molecule has 2 rings (SSSR count). The SMILES string of the molecule is O=C(Nc1cccs1)ONC1=N[C@H](CO)[C@@H](O)[C@H](O)[C@H]1O. The molecule has 1 aromatic rings. The van der Waals surface area contributed by atoms with E-state index in [-0.39, 0.29) is 5.84 Å². The van der Waals surface area contributed by atoms with Gasteiger partial charge in [-0.2, -0.15) is 0 Å². The molecule has 0 radical (unpaired) electrons. The lowest BCUT2D eigenvalue weighted by atomic mass is 9.97. The van der Waals surface area contributed by atoms with Crippen LogP contribution in [0.2, 0.25) is 0 Å². The first-order valence-corrected chi connectivity index (χ1v) is 6.91. The van der Waals surface area contributed by atoms with Crippen molar-refractivity contribution in [2.75, 3.05) is 11.9 Å². The molecule has 0 spiro atoms. The second-order valence-corrected chi connectivity index (χ2v) is 5.23. The molecule has 6 N–H and O–H groups in total. The van der Waals surface area contributed by atoms with E-state index in [4.69, 9.17) is 5.11 Å². The summed E-state index contributed by atoms with van der Waals surface area (Å²) in [4.78, 5) is 19.9. The zero-order valence-corrected chi connectivity index (χ0v) is 11.5. The molecule has 0 aliphatic carbocycles. The average Bonchev–Trinajstić information content (AvgIpc) is 2.97. The second-order valence-electron chi connectivity index (χ2n) is 4.28. The maximum atomic E-state index is 11.5. The van der Waals surface area contributed by atoms with Crippen molar-refractivity contribution in [2.24, 2.45) is 4.99 Å². The van der Waals surface area contributed by atoms with Crippen LogP contribution < -0.4 is 10.8 Å². The van der Waals surface area contributed by atoms with E-state index in [1.807, 2.05) is 0 Å². The third-order valence-corrected chi connectivity index (χ3v) is 3.62. The number of carbonyl (C=O) groups excluding carboxylic acids is 1. The van der Waals surface area contributed by atoms with Gasteiger partial charge in [-0.3, -0.25) is 10.3 Å². The summed E-state index contributed by atoms with van der Waals surface area (Å²) in [5, 5.41) is 42.6. The van der Waals surface area contributed by atoms with Crippen LogP contribution in [-0.2, 0) is 4.84 Å². The number of anilines is 1. The lowest BCUT2D eigenvalue weighted by Crippen LogP contribution is -2.56. The van der Waals surface area contributed by atoms with Crippen molar-refractivity contribution < 1.29 is 30.1 Å². The Kier molecular flexibility index (Phi) is 5.09. The zero-order valence-electron chi connectivity index (χ0n) is 10.7. The number of nitrogens with one attached hydrogen (secondary N) is 2. The van der Waals surface area contributed by atoms with Crippen LogP contribution in [-0.4, -0.2) is 63.3 Å². The Morgan fingerprint density at radius 2 is 2.14 bits per heavy atom. The Labute approximate surface area is 123 Å². The van der Waals surface area contributed by atoms with Crippen LogP contribution in [0.4, 0.5) is 9.80 Å². The molecule has 1 aliphatic rings. The molecule has 0 saturated heterocycles. The highest BCUT2D eigenvalue weighted by atomic mass is 32.1. The predicted octanol–water partition coefficient (Wildman–Crippen LogP) is -1.34. The number of amides is 1. The fraction of sp³-hybridized carbons (Fsp3) is 0.455. The van der Waals surface area contributed by atoms with Gasteiger partial charge in [-0.15, -0.1) is 11.3 Å². The van der Waals surface area contributed by atoms with E-state index in [0.29, 0.717) is 5.00 Å². The normalized spacial score (nSPS) is 28.7. The molecule has 4 atom stereocenters. The Balaban J connectivity index is 1.93. The Hall–Kier alpha value is -1.72. The number of hydroxylamine groups is 1. The van der Waals surface area contributed by atoms with E-state index in [1.54, 1.807) is 17.5 Å². The molecule has 9 nitrogen and oxygen atoms in total. The van der Waals surface area contributed by atoms with Crippen LogP contribution >= 0.6 is 11.3 Å². The summed E-state index contributed by atoms with van der Waals surface area (Å²) in [6.45, 7) is -0.530. The van der Waals surface area contributed by atoms with Gasteiger partial charge in [-0.1, -0.05) is 0 Å². The van der Waals surface area contributed by atoms with Crippen molar-refractivity contribution in [3.8, 4) is 0 Å². The van der Waals surface area contributed by atoms with Gasteiger partial charge in [0.1, 0.15) is 24.4 Å². The summed E-state index contributed by atoms with van der Waals surface area (Å²) in [6.07, 6.45) is -5.35. The molecule has 1 aliphatic heterocycles. The molecule has 0 saturated carbocycles. The molecular formula is C11H15N3O6S. The number of aliphatic hydroxyl groups excluding tert-OH is 4. The Bertz CT molecular complexity index is 508. The van der Waals surface area contributed by atoms with Crippen LogP contribution in [0.15, 0.2) is 22.5 Å². The van der Waals surface area contributed by atoms with Crippen molar-refractivity contribution >= 4 is 28.3 Å². The minimum absolute atomic E-state index is 0.256. The van der Waals surface area contributed by atoms with Crippen molar-refractivity contribution in [1.82, 2.24) is 5.48 Å². The largest absolute Gasteiger partial charge is 0.436 e. The molecule has 0 bridgehead atoms. The van der Waals surface area contributed by atoms with Crippen LogP contribution in [0.5, 0.6) is 0 Å². The third-order valence-electron chi connectivity index (χ3n) is 2.83. The highest BCUT2D eigenvalue weighted by molar-refractivity contribution is 7.14. The molecule has 1 aromatic heterocycles. The van der Waals surface area contributed by atoms with Gasteiger partial charge in [0.25, 0.3) is 0 Å². The lowest BCUT2D eigenvalue weighted by molar-refractivity contribution is -0.0624. The Morgan fingerprint density at radius 3 is 2.76 bits per heavy atom. The highest BCUT2D eigenvalue weighted by Gasteiger charge is 2.39.